The van der Waals surface area contributed by atoms with Crippen molar-refractivity contribution in [2.45, 2.75) is 103 Å². The van der Waals surface area contributed by atoms with Crippen LogP contribution in [0.3, 0.4) is 0 Å². The minimum absolute atomic E-state index is 0.265. The number of nitrogens with zero attached hydrogens (tertiary/aromatic N) is 1. The first kappa shape index (κ1) is 24.5. The second-order valence-electron chi connectivity index (χ2n) is 8.07. The van der Waals surface area contributed by atoms with E-state index in [9.17, 15) is 4.79 Å². The fourth-order valence-electron chi connectivity index (χ4n) is 3.48. The molecule has 0 aliphatic rings. The van der Waals surface area contributed by atoms with Crippen LogP contribution < -0.4 is 0 Å². The van der Waals surface area contributed by atoms with Gasteiger partial charge in [0.05, 0.1) is 0 Å². The Bertz CT molecular complexity index is 508. The molecule has 0 atom stereocenters. The van der Waals surface area contributed by atoms with Crippen molar-refractivity contribution < 1.29 is 4.79 Å². The molecule has 0 saturated heterocycles. The van der Waals surface area contributed by atoms with Crippen molar-refractivity contribution in [1.82, 2.24) is 4.90 Å². The fourth-order valence-corrected chi connectivity index (χ4v) is 3.48. The molecule has 1 amide bonds. The maximum atomic E-state index is 12.2. The van der Waals surface area contributed by atoms with Crippen molar-refractivity contribution >= 4 is 5.91 Å². The molecular weight excluding hydrogens is 342 g/mol. The highest BCUT2D eigenvalue weighted by atomic mass is 16.2. The van der Waals surface area contributed by atoms with Crippen molar-refractivity contribution in [3.8, 4) is 0 Å². The van der Waals surface area contributed by atoms with E-state index in [1.54, 1.807) is 0 Å². The molecule has 2 heteroatoms. The van der Waals surface area contributed by atoms with Crippen LogP contribution in [0, 0.1) is 0 Å². The highest BCUT2D eigenvalue weighted by molar-refractivity contribution is 5.75. The van der Waals surface area contributed by atoms with Crippen LogP contribution in [0.1, 0.15) is 102 Å². The van der Waals surface area contributed by atoms with Gasteiger partial charge in [0.1, 0.15) is 0 Å². The predicted molar refractivity (Wildman–Crippen MR) is 122 cm³/mol. The first-order chi connectivity index (χ1) is 13.7. The van der Waals surface area contributed by atoms with E-state index in [2.05, 4.69) is 31.2 Å². The van der Waals surface area contributed by atoms with E-state index in [1.807, 2.05) is 30.1 Å². The monoisotopic (exact) mass is 385 g/mol. The van der Waals surface area contributed by atoms with Gasteiger partial charge in [0.15, 0.2) is 0 Å². The Morgan fingerprint density at radius 2 is 1.32 bits per heavy atom. The first-order valence-electron chi connectivity index (χ1n) is 11.7. The van der Waals surface area contributed by atoms with E-state index in [1.165, 1.54) is 82.6 Å². The molecule has 0 aliphatic heterocycles. The summed E-state index contributed by atoms with van der Waals surface area (Å²) in [7, 11) is 1.91. The van der Waals surface area contributed by atoms with E-state index in [0.29, 0.717) is 13.0 Å². The highest BCUT2D eigenvalue weighted by Crippen LogP contribution is 2.11. The zero-order valence-electron chi connectivity index (χ0n) is 18.5. The van der Waals surface area contributed by atoms with Gasteiger partial charge in [-0.3, -0.25) is 4.79 Å². The number of unbranched alkanes of at least 4 members (excludes halogenated alkanes) is 11. The number of carbonyl (C=O) groups excluding carboxylic acids is 1. The second kappa shape index (κ2) is 17.5. The van der Waals surface area contributed by atoms with E-state index in [-0.39, 0.29) is 5.91 Å². The molecule has 0 aromatic heterocycles. The van der Waals surface area contributed by atoms with Gasteiger partial charge in [-0.15, -0.1) is 0 Å². The average Bonchev–Trinajstić information content (AvgIpc) is 2.71. The maximum Gasteiger partial charge on any atom is 0.222 e. The Balaban J connectivity index is 1.89. The molecule has 1 aromatic rings. The molecule has 158 valence electrons. The van der Waals surface area contributed by atoms with Gasteiger partial charge in [-0.1, -0.05) is 101 Å². The van der Waals surface area contributed by atoms with E-state index >= 15 is 0 Å². The number of allylic oxidation sites excluding steroid dienone is 2. The molecule has 0 radical (unpaired) electrons. The van der Waals surface area contributed by atoms with Crippen LogP contribution in [0.15, 0.2) is 42.5 Å². The molecule has 1 aromatic carbocycles. The number of amides is 1. The summed E-state index contributed by atoms with van der Waals surface area (Å²) in [5, 5.41) is 0. The Kier molecular flexibility index (Phi) is 15.3. The fraction of sp³-hybridized carbons (Fsp3) is 0.654. The topological polar surface area (TPSA) is 20.3 Å². The normalized spacial score (nSPS) is 11.2. The van der Waals surface area contributed by atoms with Crippen LogP contribution >= 0.6 is 0 Å². The van der Waals surface area contributed by atoms with Crippen LogP contribution in [-0.2, 0) is 11.3 Å². The molecule has 0 fully saturated rings. The van der Waals surface area contributed by atoms with E-state index in [4.69, 9.17) is 0 Å². The molecule has 0 heterocycles. The number of carbonyl (C=O) groups is 1. The third-order valence-electron chi connectivity index (χ3n) is 5.34. The Morgan fingerprint density at radius 3 is 1.93 bits per heavy atom. The van der Waals surface area contributed by atoms with E-state index in [0.717, 1.165) is 6.42 Å². The van der Waals surface area contributed by atoms with E-state index < -0.39 is 0 Å². The van der Waals surface area contributed by atoms with Gasteiger partial charge in [-0.25, -0.2) is 0 Å². The first-order valence-corrected chi connectivity index (χ1v) is 11.7. The Morgan fingerprint density at radius 1 is 0.786 bits per heavy atom. The maximum absolute atomic E-state index is 12.2. The predicted octanol–water partition coefficient (Wildman–Crippen LogP) is 7.68. The van der Waals surface area contributed by atoms with Gasteiger partial charge < -0.3 is 4.90 Å². The average molecular weight is 386 g/mol. The lowest BCUT2D eigenvalue weighted by Gasteiger charge is -2.17. The molecule has 0 N–H and O–H groups in total. The van der Waals surface area contributed by atoms with Gasteiger partial charge in [0, 0.05) is 20.0 Å². The molecule has 0 unspecified atom stereocenters. The molecule has 1 rings (SSSR count). The summed E-state index contributed by atoms with van der Waals surface area (Å²) in [6.45, 7) is 2.98. The molecular formula is C26H43NO. The third-order valence-corrected chi connectivity index (χ3v) is 5.34. The molecule has 0 aliphatic carbocycles. The SMILES string of the molecule is CCCCCCCC/C=C/CCCCCCCC(=O)N(C)Cc1ccccc1. The summed E-state index contributed by atoms with van der Waals surface area (Å²) in [5.74, 6) is 0.265. The Labute approximate surface area is 174 Å². The number of rotatable bonds is 17. The summed E-state index contributed by atoms with van der Waals surface area (Å²) in [4.78, 5) is 14.0. The Hall–Kier alpha value is -1.57. The van der Waals surface area contributed by atoms with Crippen molar-refractivity contribution in [2.75, 3.05) is 7.05 Å². The van der Waals surface area contributed by atoms with Crippen LogP contribution in [-0.4, -0.2) is 17.9 Å². The summed E-state index contributed by atoms with van der Waals surface area (Å²) < 4.78 is 0. The van der Waals surface area contributed by atoms with Gasteiger partial charge in [0.25, 0.3) is 0 Å². The number of benzene rings is 1. The highest BCUT2D eigenvalue weighted by Gasteiger charge is 2.08. The zero-order valence-corrected chi connectivity index (χ0v) is 18.5. The quantitative estimate of drug-likeness (QED) is 0.199. The minimum Gasteiger partial charge on any atom is -0.341 e. The third kappa shape index (κ3) is 13.6. The molecule has 28 heavy (non-hydrogen) atoms. The number of hydrogen-bond donors (Lipinski definition) is 0. The lowest BCUT2D eigenvalue weighted by Crippen LogP contribution is -2.25. The van der Waals surface area contributed by atoms with Crippen LogP contribution in [0.4, 0.5) is 0 Å². The van der Waals surface area contributed by atoms with Crippen molar-refractivity contribution in [3.63, 3.8) is 0 Å². The molecule has 2 nitrogen and oxygen atoms in total. The van der Waals surface area contributed by atoms with Gasteiger partial charge in [-0.05, 0) is 37.7 Å². The van der Waals surface area contributed by atoms with Crippen molar-refractivity contribution in [3.05, 3.63) is 48.0 Å². The lowest BCUT2D eigenvalue weighted by atomic mass is 10.1. The van der Waals surface area contributed by atoms with Crippen LogP contribution in [0.25, 0.3) is 0 Å². The second-order valence-corrected chi connectivity index (χ2v) is 8.07. The minimum atomic E-state index is 0.265. The largest absolute Gasteiger partial charge is 0.341 e. The van der Waals surface area contributed by atoms with Crippen LogP contribution in [0.2, 0.25) is 0 Å². The molecule has 0 bridgehead atoms. The van der Waals surface area contributed by atoms with Gasteiger partial charge in [0.2, 0.25) is 5.91 Å². The van der Waals surface area contributed by atoms with Crippen molar-refractivity contribution in [1.29, 1.82) is 0 Å². The smallest absolute Gasteiger partial charge is 0.222 e. The summed E-state index contributed by atoms with van der Waals surface area (Å²) in [6.07, 6.45) is 22.2. The summed E-state index contributed by atoms with van der Waals surface area (Å²) in [5.41, 5.74) is 1.20. The van der Waals surface area contributed by atoms with Crippen molar-refractivity contribution in [2.24, 2.45) is 0 Å². The standard InChI is InChI=1S/C26H43NO/c1-3-4-5-6-7-8-9-10-11-12-13-14-15-16-20-23-26(28)27(2)24-25-21-18-17-19-22-25/h10-11,17-19,21-22H,3-9,12-16,20,23-24H2,1-2H3/b11-10+. The summed E-state index contributed by atoms with van der Waals surface area (Å²) in [6, 6.07) is 10.2. The van der Waals surface area contributed by atoms with Crippen LogP contribution in [0.5, 0.6) is 0 Å². The molecule has 0 spiro atoms. The lowest BCUT2D eigenvalue weighted by molar-refractivity contribution is -0.130. The zero-order chi connectivity index (χ0) is 20.3. The molecule has 0 saturated carbocycles. The van der Waals surface area contributed by atoms with Gasteiger partial charge in [-0.2, -0.15) is 0 Å². The van der Waals surface area contributed by atoms with Gasteiger partial charge >= 0.3 is 0 Å². The number of hydrogen-bond acceptors (Lipinski definition) is 1. The summed E-state index contributed by atoms with van der Waals surface area (Å²) >= 11 is 0.